The van der Waals surface area contributed by atoms with Crippen molar-refractivity contribution in [3.05, 3.63) is 22.7 Å². The number of nitrogens with one attached hydrogen (secondary N) is 1. The predicted molar refractivity (Wildman–Crippen MR) is 79.3 cm³/mol. The lowest BCUT2D eigenvalue weighted by Gasteiger charge is -2.09. The molecule has 0 aliphatic rings. The Balaban J connectivity index is 2.80. The predicted octanol–water partition coefficient (Wildman–Crippen LogP) is 1.28. The number of sulfonamides is 1. The zero-order chi connectivity index (χ0) is 14.6. The number of anilines is 1. The van der Waals surface area contributed by atoms with E-state index in [0.29, 0.717) is 28.4 Å². The maximum Gasteiger partial charge on any atom is 0.240 e. The number of nitrogens with two attached hydrogens (primary N) is 1. The highest BCUT2D eigenvalue weighted by atomic mass is 35.5. The van der Waals surface area contributed by atoms with Gasteiger partial charge in [-0.1, -0.05) is 11.6 Å². The summed E-state index contributed by atoms with van der Waals surface area (Å²) >= 11 is 5.92. The molecule has 0 bridgehead atoms. The molecule has 0 spiro atoms. The van der Waals surface area contributed by atoms with Gasteiger partial charge in [0, 0.05) is 40.1 Å². The third-order valence-corrected chi connectivity index (χ3v) is 5.27. The fourth-order valence-electron chi connectivity index (χ4n) is 1.39. The van der Waals surface area contributed by atoms with E-state index in [4.69, 9.17) is 17.3 Å². The molecular weight excluding hydrogens is 308 g/mol. The number of nitrogen functional groups attached to an aromatic ring is 1. The Bertz CT molecular complexity index is 565. The first-order valence-corrected chi connectivity index (χ1v) is 9.18. The number of benzene rings is 1. The van der Waals surface area contributed by atoms with Crippen LogP contribution in [0.5, 0.6) is 0 Å². The molecule has 1 unspecified atom stereocenters. The molecule has 0 amide bonds. The van der Waals surface area contributed by atoms with Crippen LogP contribution in [0.15, 0.2) is 17.0 Å². The molecule has 0 radical (unpaired) electrons. The lowest BCUT2D eigenvalue weighted by molar-refractivity contribution is 0.580. The van der Waals surface area contributed by atoms with Crippen molar-refractivity contribution in [2.24, 2.45) is 0 Å². The molecule has 1 rings (SSSR count). The van der Waals surface area contributed by atoms with Crippen LogP contribution >= 0.6 is 11.6 Å². The maximum atomic E-state index is 12.0. The normalized spacial score (nSPS) is 13.4. The zero-order valence-corrected chi connectivity index (χ0v) is 13.2. The molecule has 3 N–H and O–H groups in total. The first kappa shape index (κ1) is 16.4. The highest BCUT2D eigenvalue weighted by molar-refractivity contribution is 7.89. The molecule has 0 saturated heterocycles. The van der Waals surface area contributed by atoms with Gasteiger partial charge in [-0.15, -0.1) is 0 Å². The molecule has 0 aliphatic carbocycles. The number of hydrogen-bond donors (Lipinski definition) is 2. The van der Waals surface area contributed by atoms with Crippen LogP contribution in [0, 0.1) is 6.92 Å². The average molecular weight is 325 g/mol. The zero-order valence-electron chi connectivity index (χ0n) is 10.8. The van der Waals surface area contributed by atoms with Gasteiger partial charge in [-0.3, -0.25) is 4.21 Å². The van der Waals surface area contributed by atoms with Crippen molar-refractivity contribution in [3.8, 4) is 0 Å². The second kappa shape index (κ2) is 6.69. The molecular formula is C11H17ClN2O3S2. The molecule has 0 fully saturated rings. The van der Waals surface area contributed by atoms with Crippen LogP contribution in [0.25, 0.3) is 0 Å². The van der Waals surface area contributed by atoms with Crippen molar-refractivity contribution in [1.82, 2.24) is 4.72 Å². The minimum Gasteiger partial charge on any atom is -0.398 e. The van der Waals surface area contributed by atoms with Crippen molar-refractivity contribution in [2.45, 2.75) is 18.2 Å². The van der Waals surface area contributed by atoms with Gasteiger partial charge >= 0.3 is 0 Å². The topological polar surface area (TPSA) is 89.3 Å². The summed E-state index contributed by atoms with van der Waals surface area (Å²) in [6.07, 6.45) is 2.09. The summed E-state index contributed by atoms with van der Waals surface area (Å²) in [5, 5.41) is 0.315. The van der Waals surface area contributed by atoms with Crippen LogP contribution in [0.4, 0.5) is 5.69 Å². The van der Waals surface area contributed by atoms with Crippen LogP contribution in [0.1, 0.15) is 12.0 Å². The third-order valence-electron chi connectivity index (χ3n) is 2.57. The van der Waals surface area contributed by atoms with Crippen molar-refractivity contribution in [2.75, 3.05) is 24.3 Å². The van der Waals surface area contributed by atoms with Gasteiger partial charge in [-0.25, -0.2) is 13.1 Å². The standard InChI is InChI=1S/C11H17ClN2O3S2/c1-8-10(12)6-9(7-11(8)13)19(16,17)14-4-3-5-18(2)15/h6-7,14H,3-5,13H2,1-2H3. The van der Waals surface area contributed by atoms with Gasteiger partial charge < -0.3 is 5.73 Å². The van der Waals surface area contributed by atoms with Gasteiger partial charge in [0.1, 0.15) is 0 Å². The van der Waals surface area contributed by atoms with Gasteiger partial charge in [-0.2, -0.15) is 0 Å². The van der Waals surface area contributed by atoms with E-state index < -0.39 is 20.8 Å². The second-order valence-electron chi connectivity index (χ2n) is 4.15. The molecule has 0 heterocycles. The van der Waals surface area contributed by atoms with Crippen LogP contribution in [-0.4, -0.2) is 31.2 Å². The lowest BCUT2D eigenvalue weighted by Crippen LogP contribution is -2.25. The van der Waals surface area contributed by atoms with E-state index >= 15 is 0 Å². The van der Waals surface area contributed by atoms with Crippen molar-refractivity contribution < 1.29 is 12.6 Å². The Morgan fingerprint density at radius 3 is 2.58 bits per heavy atom. The number of hydrogen-bond acceptors (Lipinski definition) is 4. The summed E-state index contributed by atoms with van der Waals surface area (Å²) in [5.41, 5.74) is 6.69. The largest absolute Gasteiger partial charge is 0.398 e. The first-order chi connectivity index (χ1) is 8.74. The van der Waals surface area contributed by atoms with E-state index in [1.165, 1.54) is 12.1 Å². The average Bonchev–Trinajstić information content (AvgIpc) is 2.31. The van der Waals surface area contributed by atoms with Crippen LogP contribution in [0.3, 0.4) is 0 Å². The summed E-state index contributed by atoms with van der Waals surface area (Å²) in [6, 6.07) is 2.75. The molecule has 1 aromatic rings. The molecule has 108 valence electrons. The third kappa shape index (κ3) is 4.76. The first-order valence-electron chi connectivity index (χ1n) is 5.59. The molecule has 1 aromatic carbocycles. The van der Waals surface area contributed by atoms with Crippen LogP contribution in [0.2, 0.25) is 5.02 Å². The lowest BCUT2D eigenvalue weighted by atomic mass is 10.2. The van der Waals surface area contributed by atoms with E-state index in [1.54, 1.807) is 13.2 Å². The Kier molecular flexibility index (Phi) is 5.79. The SMILES string of the molecule is Cc1c(N)cc(S(=O)(=O)NCCCS(C)=O)cc1Cl. The highest BCUT2D eigenvalue weighted by Gasteiger charge is 2.16. The molecule has 19 heavy (non-hydrogen) atoms. The molecule has 0 saturated carbocycles. The summed E-state index contributed by atoms with van der Waals surface area (Å²) in [7, 11) is -4.56. The van der Waals surface area contributed by atoms with E-state index in [1.807, 2.05) is 0 Å². The van der Waals surface area contributed by atoms with Gasteiger partial charge in [-0.05, 0) is 31.0 Å². The summed E-state index contributed by atoms with van der Waals surface area (Å²) < 4.78 is 37.3. The van der Waals surface area contributed by atoms with Crippen molar-refractivity contribution in [3.63, 3.8) is 0 Å². The molecule has 5 nitrogen and oxygen atoms in total. The van der Waals surface area contributed by atoms with Crippen LogP contribution in [-0.2, 0) is 20.8 Å². The Morgan fingerprint density at radius 1 is 1.42 bits per heavy atom. The molecule has 1 atom stereocenters. The minimum atomic E-state index is -3.63. The quantitative estimate of drug-likeness (QED) is 0.609. The highest BCUT2D eigenvalue weighted by Crippen LogP contribution is 2.25. The summed E-state index contributed by atoms with van der Waals surface area (Å²) in [5.74, 6) is 0.458. The smallest absolute Gasteiger partial charge is 0.240 e. The van der Waals surface area contributed by atoms with Gasteiger partial charge in [0.05, 0.1) is 4.90 Å². The summed E-state index contributed by atoms with van der Waals surface area (Å²) in [4.78, 5) is 0.0400. The number of rotatable bonds is 6. The van der Waals surface area contributed by atoms with Crippen molar-refractivity contribution >= 4 is 38.1 Å². The fourth-order valence-corrected chi connectivity index (χ4v) is 3.37. The fraction of sp³-hybridized carbons (Fsp3) is 0.455. The van der Waals surface area contributed by atoms with E-state index in [2.05, 4.69) is 4.72 Å². The van der Waals surface area contributed by atoms with Gasteiger partial charge in [0.15, 0.2) is 0 Å². The number of halogens is 1. The van der Waals surface area contributed by atoms with Gasteiger partial charge in [0.25, 0.3) is 0 Å². The Hall–Kier alpha value is -0.630. The van der Waals surface area contributed by atoms with E-state index in [-0.39, 0.29) is 11.4 Å². The van der Waals surface area contributed by atoms with E-state index in [0.717, 1.165) is 0 Å². The van der Waals surface area contributed by atoms with Gasteiger partial charge in [0.2, 0.25) is 10.0 Å². The Labute approximate surface area is 121 Å². The minimum absolute atomic E-state index is 0.0400. The molecule has 0 aromatic heterocycles. The monoisotopic (exact) mass is 324 g/mol. The Morgan fingerprint density at radius 2 is 2.05 bits per heavy atom. The van der Waals surface area contributed by atoms with Crippen molar-refractivity contribution in [1.29, 1.82) is 0 Å². The maximum absolute atomic E-state index is 12.0. The van der Waals surface area contributed by atoms with Crippen LogP contribution < -0.4 is 10.5 Å². The molecule has 0 aliphatic heterocycles. The van der Waals surface area contributed by atoms with E-state index in [9.17, 15) is 12.6 Å². The summed E-state index contributed by atoms with van der Waals surface area (Å²) in [6.45, 7) is 1.95. The molecule has 8 heteroatoms. The second-order valence-corrected chi connectivity index (χ2v) is 7.88.